The van der Waals surface area contributed by atoms with Gasteiger partial charge in [0.05, 0.1) is 18.6 Å². The summed E-state index contributed by atoms with van der Waals surface area (Å²) in [6.07, 6.45) is 2.35. The summed E-state index contributed by atoms with van der Waals surface area (Å²) in [5, 5.41) is 3.91. The molecular weight excluding hydrogens is 354 g/mol. The van der Waals surface area contributed by atoms with E-state index in [4.69, 9.17) is 4.84 Å². The first-order chi connectivity index (χ1) is 11.8. The van der Waals surface area contributed by atoms with Gasteiger partial charge < -0.3 is 4.84 Å². The van der Waals surface area contributed by atoms with E-state index in [-0.39, 0.29) is 18.9 Å². The van der Waals surface area contributed by atoms with Crippen molar-refractivity contribution in [2.24, 2.45) is 5.16 Å². The van der Waals surface area contributed by atoms with Gasteiger partial charge >= 0.3 is 0 Å². The van der Waals surface area contributed by atoms with Gasteiger partial charge in [-0.15, -0.1) is 0 Å². The zero-order chi connectivity index (χ0) is 18.4. The second-order valence-electron chi connectivity index (χ2n) is 5.00. The minimum atomic E-state index is -3.56. The van der Waals surface area contributed by atoms with E-state index < -0.39 is 21.8 Å². The van der Waals surface area contributed by atoms with Crippen molar-refractivity contribution in [1.29, 1.82) is 0 Å². The maximum atomic E-state index is 13.5. The van der Waals surface area contributed by atoms with Gasteiger partial charge in [0.15, 0.2) is 11.6 Å². The topological polar surface area (TPSA) is 77.9 Å². The Morgan fingerprint density at radius 1 is 1.20 bits per heavy atom. The molecule has 0 aliphatic carbocycles. The van der Waals surface area contributed by atoms with E-state index >= 15 is 0 Å². The highest BCUT2D eigenvalue weighted by molar-refractivity contribution is 7.85. The van der Waals surface area contributed by atoms with Crippen molar-refractivity contribution in [2.75, 3.05) is 12.9 Å². The van der Waals surface area contributed by atoms with Crippen LogP contribution in [0.5, 0.6) is 0 Å². The largest absolute Gasteiger partial charge is 0.396 e. The van der Waals surface area contributed by atoms with Crippen LogP contribution in [0.25, 0.3) is 0 Å². The average Bonchev–Trinajstić information content (AvgIpc) is 2.57. The number of nitrogens with zero attached hydrogens (tertiary/aromatic N) is 2. The fraction of sp³-hybridized carbons (Fsp3) is 0.250. The summed E-state index contributed by atoms with van der Waals surface area (Å²) < 4.78 is 53.3. The first-order valence-corrected chi connectivity index (χ1v) is 9.07. The van der Waals surface area contributed by atoms with Gasteiger partial charge in [-0.25, -0.2) is 8.78 Å². The van der Waals surface area contributed by atoms with Crippen molar-refractivity contribution >= 4 is 15.8 Å². The molecule has 0 unspecified atom stereocenters. The zero-order valence-electron chi connectivity index (χ0n) is 13.6. The van der Waals surface area contributed by atoms with E-state index in [2.05, 4.69) is 14.3 Å². The number of oxime groups is 1. The Hall–Kier alpha value is -2.39. The SMILES string of the molecule is CCON=C(c1ccc(F)c(F)c1)c1ccc(COS(C)(=O)=O)cn1. The van der Waals surface area contributed by atoms with Crippen molar-refractivity contribution in [3.8, 4) is 0 Å². The van der Waals surface area contributed by atoms with Gasteiger partial charge in [-0.1, -0.05) is 11.2 Å². The summed E-state index contributed by atoms with van der Waals surface area (Å²) in [6.45, 7) is 1.86. The molecule has 0 N–H and O–H groups in total. The van der Waals surface area contributed by atoms with Crippen LogP contribution in [0.2, 0.25) is 0 Å². The maximum absolute atomic E-state index is 13.5. The molecule has 25 heavy (non-hydrogen) atoms. The molecule has 2 rings (SSSR count). The number of halogens is 2. The third kappa shape index (κ3) is 5.57. The van der Waals surface area contributed by atoms with E-state index in [0.717, 1.165) is 18.4 Å². The summed E-state index contributed by atoms with van der Waals surface area (Å²) in [7, 11) is -3.56. The first-order valence-electron chi connectivity index (χ1n) is 7.25. The Morgan fingerprint density at radius 2 is 1.96 bits per heavy atom. The van der Waals surface area contributed by atoms with E-state index in [1.165, 1.54) is 12.3 Å². The van der Waals surface area contributed by atoms with E-state index in [1.54, 1.807) is 19.1 Å². The Morgan fingerprint density at radius 3 is 2.52 bits per heavy atom. The van der Waals surface area contributed by atoms with Crippen LogP contribution in [0.4, 0.5) is 8.78 Å². The Labute approximate surface area is 144 Å². The number of rotatable bonds is 7. The lowest BCUT2D eigenvalue weighted by Gasteiger charge is -2.08. The quantitative estimate of drug-likeness (QED) is 0.425. The van der Waals surface area contributed by atoms with Crippen molar-refractivity contribution in [1.82, 2.24) is 4.98 Å². The average molecular weight is 370 g/mol. The standard InChI is InChI=1S/C16H16F2N2O4S/c1-3-23-20-16(12-5-6-13(17)14(18)8-12)15-7-4-11(9-19-15)10-24-25(2,21)22/h4-9H,3,10H2,1-2H3. The minimum Gasteiger partial charge on any atom is -0.396 e. The van der Waals surface area contributed by atoms with Crippen molar-refractivity contribution < 1.29 is 26.2 Å². The molecule has 0 saturated heterocycles. The Kier molecular flexibility index (Phi) is 6.16. The second-order valence-corrected chi connectivity index (χ2v) is 6.65. The Bertz CT molecular complexity index is 868. The monoisotopic (exact) mass is 370 g/mol. The number of pyridine rings is 1. The van der Waals surface area contributed by atoms with Crippen molar-refractivity contribution in [3.05, 3.63) is 65.0 Å². The third-order valence-corrected chi connectivity index (χ3v) is 3.53. The molecule has 0 spiro atoms. The van der Waals surface area contributed by atoms with E-state index in [9.17, 15) is 17.2 Å². The molecule has 1 aromatic heterocycles. The molecule has 0 radical (unpaired) electrons. The number of benzene rings is 1. The van der Waals surface area contributed by atoms with Gasteiger partial charge in [0.1, 0.15) is 12.3 Å². The molecule has 2 aromatic rings. The first kappa shape index (κ1) is 18.9. The van der Waals surface area contributed by atoms with Crippen molar-refractivity contribution in [3.63, 3.8) is 0 Å². The van der Waals surface area contributed by atoms with Gasteiger partial charge in [0.25, 0.3) is 10.1 Å². The summed E-state index contributed by atoms with van der Waals surface area (Å²) in [5.74, 6) is -1.99. The smallest absolute Gasteiger partial charge is 0.264 e. The van der Waals surface area contributed by atoms with Gasteiger partial charge in [-0.3, -0.25) is 9.17 Å². The van der Waals surface area contributed by atoms with Crippen LogP contribution in [0.15, 0.2) is 41.7 Å². The highest BCUT2D eigenvalue weighted by Gasteiger charge is 2.13. The van der Waals surface area contributed by atoms with Crippen LogP contribution in [0.3, 0.4) is 0 Å². The number of hydrogen-bond acceptors (Lipinski definition) is 6. The molecule has 9 heteroatoms. The van der Waals surface area contributed by atoms with Crippen LogP contribution < -0.4 is 0 Å². The maximum Gasteiger partial charge on any atom is 0.264 e. The second kappa shape index (κ2) is 8.13. The van der Waals surface area contributed by atoms with Gasteiger partial charge in [-0.05, 0) is 36.8 Å². The summed E-state index contributed by atoms with van der Waals surface area (Å²) >= 11 is 0. The molecule has 0 amide bonds. The molecule has 6 nitrogen and oxygen atoms in total. The molecule has 1 aromatic carbocycles. The summed E-state index contributed by atoms with van der Waals surface area (Å²) in [4.78, 5) is 9.18. The minimum absolute atomic E-state index is 0.158. The lowest BCUT2D eigenvalue weighted by atomic mass is 10.1. The van der Waals surface area contributed by atoms with E-state index in [1.807, 2.05) is 0 Å². The molecule has 0 atom stereocenters. The molecule has 0 aliphatic rings. The summed E-state index contributed by atoms with van der Waals surface area (Å²) in [5.41, 5.74) is 1.38. The van der Waals surface area contributed by atoms with Crippen LogP contribution in [-0.4, -0.2) is 32.0 Å². The van der Waals surface area contributed by atoms with Crippen LogP contribution in [0, 0.1) is 11.6 Å². The number of hydrogen-bond donors (Lipinski definition) is 0. The van der Waals surface area contributed by atoms with Crippen LogP contribution in [0.1, 0.15) is 23.7 Å². The molecule has 0 aliphatic heterocycles. The van der Waals surface area contributed by atoms with Crippen LogP contribution >= 0.6 is 0 Å². The highest BCUT2D eigenvalue weighted by atomic mass is 32.2. The van der Waals surface area contributed by atoms with Gasteiger partial charge in [-0.2, -0.15) is 8.42 Å². The van der Waals surface area contributed by atoms with Gasteiger partial charge in [0, 0.05) is 11.8 Å². The molecular formula is C16H16F2N2O4S. The fourth-order valence-corrected chi connectivity index (χ4v) is 2.20. The lowest BCUT2D eigenvalue weighted by Crippen LogP contribution is -2.09. The summed E-state index contributed by atoms with van der Waals surface area (Å²) in [6, 6.07) is 6.49. The van der Waals surface area contributed by atoms with E-state index in [0.29, 0.717) is 16.8 Å². The predicted octanol–water partition coefficient (Wildman–Crippen LogP) is 2.62. The molecule has 134 valence electrons. The van der Waals surface area contributed by atoms with Crippen molar-refractivity contribution in [2.45, 2.75) is 13.5 Å². The molecule has 0 saturated carbocycles. The van der Waals surface area contributed by atoms with Crippen LogP contribution in [-0.2, 0) is 25.7 Å². The molecule has 0 fully saturated rings. The molecule has 1 heterocycles. The predicted molar refractivity (Wildman–Crippen MR) is 87.5 cm³/mol. The fourth-order valence-electron chi connectivity index (χ4n) is 1.84. The number of aromatic nitrogens is 1. The zero-order valence-corrected chi connectivity index (χ0v) is 14.4. The Balaban J connectivity index is 2.30. The third-order valence-electron chi connectivity index (χ3n) is 2.98. The van der Waals surface area contributed by atoms with Gasteiger partial charge in [0.2, 0.25) is 0 Å². The lowest BCUT2D eigenvalue weighted by molar-refractivity contribution is 0.159. The highest BCUT2D eigenvalue weighted by Crippen LogP contribution is 2.15. The molecule has 0 bridgehead atoms. The normalized spacial score (nSPS) is 12.2.